The zero-order valence-corrected chi connectivity index (χ0v) is 15.7. The molecule has 0 unspecified atom stereocenters. The molecule has 0 bridgehead atoms. The van der Waals surface area contributed by atoms with E-state index in [9.17, 15) is 15.0 Å². The molecule has 2 aromatic heterocycles. The lowest BCUT2D eigenvalue weighted by atomic mass is 9.87. The molecule has 6 nitrogen and oxygen atoms in total. The van der Waals surface area contributed by atoms with E-state index in [1.54, 1.807) is 25.3 Å². The molecule has 3 atom stereocenters. The van der Waals surface area contributed by atoms with Crippen molar-refractivity contribution in [2.75, 3.05) is 0 Å². The van der Waals surface area contributed by atoms with E-state index in [-0.39, 0.29) is 0 Å². The van der Waals surface area contributed by atoms with Crippen molar-refractivity contribution in [1.29, 1.82) is 0 Å². The second-order valence-electron chi connectivity index (χ2n) is 8.18. The topological polar surface area (TPSA) is 93.0 Å². The fourth-order valence-electron chi connectivity index (χ4n) is 3.91. The average Bonchev–Trinajstić information content (AvgIpc) is 3.03. The lowest BCUT2D eigenvalue weighted by Crippen LogP contribution is -2.46. The van der Waals surface area contributed by atoms with Crippen molar-refractivity contribution < 1.29 is 23.8 Å². The Labute approximate surface area is 156 Å². The Morgan fingerprint density at radius 3 is 2.67 bits per heavy atom. The van der Waals surface area contributed by atoms with Crippen molar-refractivity contribution in [3.05, 3.63) is 46.5 Å². The van der Waals surface area contributed by atoms with E-state index < -0.39 is 29.0 Å². The van der Waals surface area contributed by atoms with Gasteiger partial charge in [0.1, 0.15) is 11.2 Å². The van der Waals surface area contributed by atoms with Crippen molar-refractivity contribution in [1.82, 2.24) is 0 Å². The quantitative estimate of drug-likeness (QED) is 0.671. The highest BCUT2D eigenvalue weighted by atomic mass is 16.5. The zero-order valence-electron chi connectivity index (χ0n) is 15.7. The zero-order chi connectivity index (χ0) is 19.4. The first-order chi connectivity index (χ1) is 12.7. The number of rotatable bonds is 2. The summed E-state index contributed by atoms with van der Waals surface area (Å²) in [5.41, 5.74) is -0.383. The molecule has 0 amide bonds. The second kappa shape index (κ2) is 6.19. The number of benzene rings is 1. The highest BCUT2D eigenvalue weighted by molar-refractivity contribution is 5.97. The van der Waals surface area contributed by atoms with Crippen LogP contribution in [0.2, 0.25) is 0 Å². The van der Waals surface area contributed by atoms with Gasteiger partial charge >= 0.3 is 5.63 Å². The molecule has 4 rings (SSSR count). The Hall–Kier alpha value is -2.15. The summed E-state index contributed by atoms with van der Waals surface area (Å²) in [6.07, 6.45) is 1.67. The molecular weight excluding hydrogens is 348 g/mol. The predicted octanol–water partition coefficient (Wildman–Crippen LogP) is 3.15. The molecule has 1 saturated heterocycles. The maximum absolute atomic E-state index is 11.6. The Bertz CT molecular complexity index is 1040. The third-order valence-corrected chi connectivity index (χ3v) is 5.73. The van der Waals surface area contributed by atoms with Gasteiger partial charge in [0.2, 0.25) is 0 Å². The van der Waals surface area contributed by atoms with E-state index in [0.29, 0.717) is 30.4 Å². The standard InChI is InChI=1S/C21H24O6/c1-20(2)17(22)6-8-21(3,24)18(27-20)10-14-12-4-5-19(23)26-16(12)11-15-13(14)7-9-25-15/h4-5,7,9,11,17-18,22,24H,6,8,10H2,1-3H3/t17-,18-,21+/m1/s1. The summed E-state index contributed by atoms with van der Waals surface area (Å²) in [7, 11) is 0. The summed E-state index contributed by atoms with van der Waals surface area (Å²) in [5.74, 6) is 0. The van der Waals surface area contributed by atoms with Gasteiger partial charge in [-0.15, -0.1) is 0 Å². The summed E-state index contributed by atoms with van der Waals surface area (Å²) in [6.45, 7) is 5.41. The van der Waals surface area contributed by atoms with Gasteiger partial charge in [0.25, 0.3) is 0 Å². The highest BCUT2D eigenvalue weighted by Gasteiger charge is 2.44. The van der Waals surface area contributed by atoms with Crippen LogP contribution >= 0.6 is 0 Å². The van der Waals surface area contributed by atoms with Gasteiger partial charge < -0.3 is 23.8 Å². The lowest BCUT2D eigenvalue weighted by molar-refractivity contribution is -0.167. The van der Waals surface area contributed by atoms with Gasteiger partial charge in [0, 0.05) is 29.3 Å². The van der Waals surface area contributed by atoms with Gasteiger partial charge in [-0.1, -0.05) is 0 Å². The lowest BCUT2D eigenvalue weighted by Gasteiger charge is -2.36. The van der Waals surface area contributed by atoms with E-state index in [2.05, 4.69) is 0 Å². The summed E-state index contributed by atoms with van der Waals surface area (Å²) in [5, 5.41) is 23.1. The SMILES string of the molecule is CC1(C)O[C@H](Cc2c3ccoc3cc3oc(=O)ccc23)[C@@](C)(O)CC[C@H]1O. The molecule has 6 heteroatoms. The Morgan fingerprint density at radius 1 is 1.15 bits per heavy atom. The van der Waals surface area contributed by atoms with Crippen LogP contribution in [0.25, 0.3) is 21.9 Å². The number of ether oxygens (including phenoxy) is 1. The molecule has 3 heterocycles. The van der Waals surface area contributed by atoms with Crippen molar-refractivity contribution in [2.45, 2.75) is 63.4 Å². The fourth-order valence-corrected chi connectivity index (χ4v) is 3.91. The van der Waals surface area contributed by atoms with Gasteiger partial charge in [-0.3, -0.25) is 0 Å². The molecule has 27 heavy (non-hydrogen) atoms. The largest absolute Gasteiger partial charge is 0.464 e. The van der Waals surface area contributed by atoms with E-state index in [1.807, 2.05) is 19.9 Å². The van der Waals surface area contributed by atoms with E-state index >= 15 is 0 Å². The van der Waals surface area contributed by atoms with E-state index in [0.717, 1.165) is 16.3 Å². The predicted molar refractivity (Wildman–Crippen MR) is 101 cm³/mol. The number of aliphatic hydroxyl groups is 2. The van der Waals surface area contributed by atoms with Crippen molar-refractivity contribution in [3.63, 3.8) is 0 Å². The minimum atomic E-state index is -1.11. The summed E-state index contributed by atoms with van der Waals surface area (Å²) in [4.78, 5) is 11.6. The molecule has 144 valence electrons. The Morgan fingerprint density at radius 2 is 1.89 bits per heavy atom. The van der Waals surface area contributed by atoms with E-state index in [1.165, 1.54) is 6.07 Å². The maximum Gasteiger partial charge on any atom is 0.336 e. The van der Waals surface area contributed by atoms with Crippen LogP contribution in [0.1, 0.15) is 39.2 Å². The average molecular weight is 372 g/mol. The smallest absolute Gasteiger partial charge is 0.336 e. The van der Waals surface area contributed by atoms with Gasteiger partial charge in [0.15, 0.2) is 0 Å². The van der Waals surface area contributed by atoms with Gasteiger partial charge in [0.05, 0.1) is 29.7 Å². The highest BCUT2D eigenvalue weighted by Crippen LogP contribution is 2.37. The van der Waals surface area contributed by atoms with Gasteiger partial charge in [-0.05, 0) is 51.3 Å². The van der Waals surface area contributed by atoms with Crippen LogP contribution in [0.4, 0.5) is 0 Å². The first-order valence-corrected chi connectivity index (χ1v) is 9.18. The van der Waals surface area contributed by atoms with Crippen LogP contribution in [0, 0.1) is 0 Å². The molecule has 2 N–H and O–H groups in total. The maximum atomic E-state index is 11.6. The minimum absolute atomic E-state index is 0.393. The van der Waals surface area contributed by atoms with Crippen LogP contribution in [-0.2, 0) is 11.2 Å². The molecule has 0 aliphatic carbocycles. The monoisotopic (exact) mass is 372 g/mol. The molecule has 3 aromatic rings. The third kappa shape index (κ3) is 3.18. The third-order valence-electron chi connectivity index (χ3n) is 5.73. The molecule has 0 saturated carbocycles. The van der Waals surface area contributed by atoms with Crippen LogP contribution in [-0.4, -0.2) is 33.6 Å². The van der Waals surface area contributed by atoms with Gasteiger partial charge in [-0.2, -0.15) is 0 Å². The van der Waals surface area contributed by atoms with Gasteiger partial charge in [-0.25, -0.2) is 4.79 Å². The molecule has 1 fully saturated rings. The van der Waals surface area contributed by atoms with Crippen LogP contribution < -0.4 is 5.63 Å². The number of fused-ring (bicyclic) bond motifs is 2. The molecule has 1 aromatic carbocycles. The number of aliphatic hydroxyl groups excluding tert-OH is 1. The number of furan rings is 1. The Balaban J connectivity index is 1.85. The van der Waals surface area contributed by atoms with Crippen molar-refractivity contribution in [2.24, 2.45) is 0 Å². The Kier molecular flexibility index (Phi) is 4.18. The van der Waals surface area contributed by atoms with Crippen LogP contribution in [0.3, 0.4) is 0 Å². The first-order valence-electron chi connectivity index (χ1n) is 9.18. The van der Waals surface area contributed by atoms with Crippen molar-refractivity contribution in [3.8, 4) is 0 Å². The summed E-state index contributed by atoms with van der Waals surface area (Å²) >= 11 is 0. The first kappa shape index (κ1) is 18.2. The molecular formula is C21H24O6. The molecule has 0 radical (unpaired) electrons. The normalized spacial score (nSPS) is 28.5. The molecule has 0 spiro atoms. The summed E-state index contributed by atoms with van der Waals surface area (Å²) in [6, 6.07) is 6.68. The minimum Gasteiger partial charge on any atom is -0.464 e. The van der Waals surface area contributed by atoms with Crippen molar-refractivity contribution >= 4 is 21.9 Å². The number of hydrogen-bond donors (Lipinski definition) is 2. The van der Waals surface area contributed by atoms with Crippen LogP contribution in [0.15, 0.2) is 44.2 Å². The number of hydrogen-bond acceptors (Lipinski definition) is 6. The van der Waals surface area contributed by atoms with Crippen LogP contribution in [0.5, 0.6) is 0 Å². The molecule has 1 aliphatic rings. The summed E-state index contributed by atoms with van der Waals surface area (Å²) < 4.78 is 17.1. The van der Waals surface area contributed by atoms with E-state index in [4.69, 9.17) is 13.6 Å². The fraction of sp³-hybridized carbons (Fsp3) is 0.476. The second-order valence-corrected chi connectivity index (χ2v) is 8.18. The molecule has 1 aliphatic heterocycles.